The van der Waals surface area contributed by atoms with E-state index in [0.29, 0.717) is 0 Å². The second kappa shape index (κ2) is 6.24. The zero-order valence-electron chi connectivity index (χ0n) is 14.2. The minimum absolute atomic E-state index is 0.0967. The van der Waals surface area contributed by atoms with Crippen molar-refractivity contribution in [1.29, 1.82) is 0 Å². The molecular weight excluding hydrogens is 296 g/mol. The van der Waals surface area contributed by atoms with Crippen LogP contribution in [0.2, 0.25) is 0 Å². The molecule has 120 valence electrons. The van der Waals surface area contributed by atoms with Crippen molar-refractivity contribution in [2.45, 2.75) is 47.6 Å². The minimum Gasteiger partial charge on any atom is -0.495 e. The average Bonchev–Trinajstić information content (AvgIpc) is 2.79. The number of nitrogens with zero attached hydrogens (tertiary/aromatic N) is 2. The Kier molecular flexibility index (Phi) is 4.75. The molecule has 0 unspecified atom stereocenters. The second-order valence-corrected chi connectivity index (χ2v) is 7.44. The molecule has 2 rings (SSSR count). The Morgan fingerprint density at radius 2 is 2.05 bits per heavy atom. The Morgan fingerprint density at radius 1 is 1.36 bits per heavy atom. The predicted octanol–water partition coefficient (Wildman–Crippen LogP) is 3.90. The van der Waals surface area contributed by atoms with Crippen molar-refractivity contribution in [1.82, 2.24) is 4.57 Å². The molecule has 0 saturated heterocycles. The molecule has 0 aliphatic carbocycles. The molecule has 2 aromatic rings. The Morgan fingerprint density at radius 3 is 2.59 bits per heavy atom. The lowest BCUT2D eigenvalue weighted by Crippen LogP contribution is -2.23. The summed E-state index contributed by atoms with van der Waals surface area (Å²) < 4.78 is 8.75. The van der Waals surface area contributed by atoms with E-state index in [1.807, 2.05) is 32.9 Å². The predicted molar refractivity (Wildman–Crippen MR) is 91.4 cm³/mol. The average molecular weight is 320 g/mol. The highest BCUT2D eigenvalue weighted by atomic mass is 32.1. The SMILES string of the molecule is CCCn1c(=NC(=O)C(C)(C)C)sc2c(C)ccc(OC)c21. The number of hydrogen-bond donors (Lipinski definition) is 0. The van der Waals surface area contributed by atoms with Crippen LogP contribution in [-0.4, -0.2) is 17.6 Å². The summed E-state index contributed by atoms with van der Waals surface area (Å²) in [6.07, 6.45) is 0.972. The number of ether oxygens (including phenoxy) is 1. The van der Waals surface area contributed by atoms with Gasteiger partial charge in [0.2, 0.25) is 0 Å². The van der Waals surface area contributed by atoms with E-state index in [0.717, 1.165) is 33.7 Å². The topological polar surface area (TPSA) is 43.6 Å². The summed E-state index contributed by atoms with van der Waals surface area (Å²) in [7, 11) is 1.68. The molecular formula is C17H24N2O2S. The molecule has 0 atom stereocenters. The molecule has 0 aliphatic heterocycles. The van der Waals surface area contributed by atoms with E-state index in [1.54, 1.807) is 18.4 Å². The quantitative estimate of drug-likeness (QED) is 0.861. The molecule has 0 saturated carbocycles. The fourth-order valence-electron chi connectivity index (χ4n) is 2.21. The maximum atomic E-state index is 12.3. The normalized spacial score (nSPS) is 12.9. The van der Waals surface area contributed by atoms with Crippen LogP contribution in [0.3, 0.4) is 0 Å². The second-order valence-electron chi connectivity index (χ2n) is 6.47. The third-order valence-electron chi connectivity index (χ3n) is 3.49. The van der Waals surface area contributed by atoms with Crippen molar-refractivity contribution in [3.63, 3.8) is 0 Å². The van der Waals surface area contributed by atoms with Gasteiger partial charge in [0.15, 0.2) is 4.80 Å². The van der Waals surface area contributed by atoms with E-state index in [-0.39, 0.29) is 5.91 Å². The third-order valence-corrected chi connectivity index (χ3v) is 4.71. The Labute approximate surface area is 135 Å². The molecule has 0 fully saturated rings. The van der Waals surface area contributed by atoms with E-state index in [2.05, 4.69) is 23.4 Å². The number of rotatable bonds is 3. The highest BCUT2D eigenvalue weighted by Gasteiger charge is 2.21. The Balaban J connectivity index is 2.80. The summed E-state index contributed by atoms with van der Waals surface area (Å²) in [4.78, 5) is 17.4. The van der Waals surface area contributed by atoms with Crippen LogP contribution in [-0.2, 0) is 11.3 Å². The van der Waals surface area contributed by atoms with Crippen molar-refractivity contribution >= 4 is 27.5 Å². The van der Waals surface area contributed by atoms with Gasteiger partial charge in [0, 0.05) is 12.0 Å². The highest BCUT2D eigenvalue weighted by Crippen LogP contribution is 2.30. The lowest BCUT2D eigenvalue weighted by molar-refractivity contribution is -0.125. The number of aryl methyl sites for hydroxylation is 2. The minimum atomic E-state index is -0.473. The lowest BCUT2D eigenvalue weighted by atomic mass is 9.96. The first-order valence-electron chi connectivity index (χ1n) is 7.55. The maximum Gasteiger partial charge on any atom is 0.253 e. The molecule has 0 radical (unpaired) electrons. The van der Waals surface area contributed by atoms with Crippen LogP contribution in [0.4, 0.5) is 0 Å². The first-order chi connectivity index (χ1) is 10.3. The molecule has 1 aromatic heterocycles. The maximum absolute atomic E-state index is 12.3. The van der Waals surface area contributed by atoms with Gasteiger partial charge in [0.1, 0.15) is 11.3 Å². The summed E-state index contributed by atoms with van der Waals surface area (Å²) in [5, 5.41) is 0. The van der Waals surface area contributed by atoms with E-state index >= 15 is 0 Å². The number of benzene rings is 1. The van der Waals surface area contributed by atoms with Crippen LogP contribution < -0.4 is 9.54 Å². The molecule has 0 aliphatic rings. The molecule has 22 heavy (non-hydrogen) atoms. The highest BCUT2D eigenvalue weighted by molar-refractivity contribution is 7.16. The Hall–Kier alpha value is -1.62. The van der Waals surface area contributed by atoms with E-state index in [4.69, 9.17) is 4.74 Å². The van der Waals surface area contributed by atoms with Crippen molar-refractivity contribution in [2.24, 2.45) is 10.4 Å². The smallest absolute Gasteiger partial charge is 0.253 e. The molecule has 5 heteroatoms. The molecule has 1 heterocycles. The number of fused-ring (bicyclic) bond motifs is 1. The van der Waals surface area contributed by atoms with Gasteiger partial charge in [0.05, 0.1) is 11.8 Å². The lowest BCUT2D eigenvalue weighted by Gasteiger charge is -2.12. The molecule has 4 nitrogen and oxygen atoms in total. The fourth-order valence-corrected chi connectivity index (χ4v) is 3.35. The van der Waals surface area contributed by atoms with E-state index in [9.17, 15) is 4.79 Å². The number of thiazole rings is 1. The van der Waals surface area contributed by atoms with Gasteiger partial charge in [-0.1, -0.05) is 45.1 Å². The van der Waals surface area contributed by atoms with Crippen LogP contribution in [0.1, 0.15) is 39.7 Å². The molecule has 1 aromatic carbocycles. The van der Waals surface area contributed by atoms with Crippen molar-refractivity contribution in [3.8, 4) is 5.75 Å². The Bertz CT molecular complexity index is 763. The van der Waals surface area contributed by atoms with Crippen molar-refractivity contribution in [3.05, 3.63) is 22.5 Å². The largest absolute Gasteiger partial charge is 0.495 e. The zero-order chi connectivity index (χ0) is 16.5. The molecule has 1 amide bonds. The first kappa shape index (κ1) is 16.7. The van der Waals surface area contributed by atoms with Crippen LogP contribution in [0.5, 0.6) is 5.75 Å². The van der Waals surface area contributed by atoms with E-state index in [1.165, 1.54) is 5.56 Å². The summed E-state index contributed by atoms with van der Waals surface area (Å²) in [6, 6.07) is 4.02. The fraction of sp³-hybridized carbons (Fsp3) is 0.529. The number of carbonyl (C=O) groups is 1. The third kappa shape index (κ3) is 3.09. The van der Waals surface area contributed by atoms with Gasteiger partial charge in [-0.2, -0.15) is 4.99 Å². The number of carbonyl (C=O) groups excluding carboxylic acids is 1. The van der Waals surface area contributed by atoms with Crippen LogP contribution >= 0.6 is 11.3 Å². The van der Waals surface area contributed by atoms with Gasteiger partial charge in [0.25, 0.3) is 5.91 Å². The number of hydrogen-bond acceptors (Lipinski definition) is 3. The van der Waals surface area contributed by atoms with Gasteiger partial charge < -0.3 is 9.30 Å². The van der Waals surface area contributed by atoms with Gasteiger partial charge in [-0.05, 0) is 25.0 Å². The summed E-state index contributed by atoms with van der Waals surface area (Å²) in [5.41, 5.74) is 1.74. The van der Waals surface area contributed by atoms with Crippen molar-refractivity contribution in [2.75, 3.05) is 7.11 Å². The van der Waals surface area contributed by atoms with Crippen molar-refractivity contribution < 1.29 is 9.53 Å². The monoisotopic (exact) mass is 320 g/mol. The summed E-state index contributed by atoms with van der Waals surface area (Å²) in [6.45, 7) is 10.7. The van der Waals surface area contributed by atoms with Gasteiger partial charge >= 0.3 is 0 Å². The van der Waals surface area contributed by atoms with Crippen LogP contribution in [0.25, 0.3) is 10.2 Å². The first-order valence-corrected chi connectivity index (χ1v) is 8.37. The number of aromatic nitrogens is 1. The summed E-state index contributed by atoms with van der Waals surface area (Å²) >= 11 is 1.56. The van der Waals surface area contributed by atoms with Crippen LogP contribution in [0, 0.1) is 12.3 Å². The number of methoxy groups -OCH3 is 1. The number of amides is 1. The molecule has 0 bridgehead atoms. The zero-order valence-corrected chi connectivity index (χ0v) is 15.0. The van der Waals surface area contributed by atoms with Gasteiger partial charge in [-0.15, -0.1) is 0 Å². The summed E-state index contributed by atoms with van der Waals surface area (Å²) in [5.74, 6) is 0.732. The van der Waals surface area contributed by atoms with E-state index < -0.39 is 5.41 Å². The van der Waals surface area contributed by atoms with Gasteiger partial charge in [-0.3, -0.25) is 4.79 Å². The molecule has 0 spiro atoms. The standard InChI is InChI=1S/C17H24N2O2S/c1-7-10-19-13-12(21-6)9-8-11(2)14(13)22-16(19)18-15(20)17(3,4)5/h8-9H,7,10H2,1-6H3. The van der Waals surface area contributed by atoms with Crippen LogP contribution in [0.15, 0.2) is 17.1 Å². The van der Waals surface area contributed by atoms with Gasteiger partial charge in [-0.25, -0.2) is 0 Å². The molecule has 0 N–H and O–H groups in total.